The summed E-state index contributed by atoms with van der Waals surface area (Å²) >= 11 is 1.24. The molecule has 2 aromatic carbocycles. The van der Waals surface area contributed by atoms with Gasteiger partial charge in [-0.3, -0.25) is 0 Å². The molecule has 0 heterocycles. The average molecular weight is 287 g/mol. The zero-order chi connectivity index (χ0) is 14.7. The highest BCUT2D eigenvalue weighted by Gasteiger charge is 2.10. The fourth-order valence-corrected chi connectivity index (χ4v) is 2.62. The van der Waals surface area contributed by atoms with Crippen molar-refractivity contribution in [1.29, 1.82) is 5.26 Å². The monoisotopic (exact) mass is 287 g/mol. The summed E-state index contributed by atoms with van der Waals surface area (Å²) in [6.45, 7) is 1.72. The van der Waals surface area contributed by atoms with E-state index in [1.807, 2.05) is 6.07 Å². The van der Waals surface area contributed by atoms with Gasteiger partial charge in [-0.05, 0) is 42.8 Å². The van der Waals surface area contributed by atoms with Gasteiger partial charge in [0.1, 0.15) is 11.9 Å². The predicted molar refractivity (Wildman–Crippen MR) is 73.4 cm³/mol. The van der Waals surface area contributed by atoms with Gasteiger partial charge in [-0.25, -0.2) is 9.18 Å². The number of nitriles is 1. The molecule has 0 fully saturated rings. The zero-order valence-corrected chi connectivity index (χ0v) is 11.4. The fraction of sp³-hybridized carbons (Fsp3) is 0.0667. The molecule has 5 heteroatoms. The van der Waals surface area contributed by atoms with Gasteiger partial charge in [0.05, 0.1) is 11.1 Å². The Morgan fingerprint density at radius 2 is 2.05 bits per heavy atom. The van der Waals surface area contributed by atoms with Crippen molar-refractivity contribution < 1.29 is 14.3 Å². The fourth-order valence-electron chi connectivity index (χ4n) is 1.70. The number of hydrogen-bond acceptors (Lipinski definition) is 3. The summed E-state index contributed by atoms with van der Waals surface area (Å²) < 4.78 is 13.1. The predicted octanol–water partition coefficient (Wildman–Crippen LogP) is 3.86. The summed E-state index contributed by atoms with van der Waals surface area (Å²) in [4.78, 5) is 12.4. The summed E-state index contributed by atoms with van der Waals surface area (Å²) in [7, 11) is 0. The highest BCUT2D eigenvalue weighted by atomic mass is 32.2. The molecule has 0 atom stereocenters. The van der Waals surface area contributed by atoms with Crippen LogP contribution in [0.3, 0.4) is 0 Å². The van der Waals surface area contributed by atoms with Crippen molar-refractivity contribution in [1.82, 2.24) is 0 Å². The van der Waals surface area contributed by atoms with Gasteiger partial charge in [-0.1, -0.05) is 17.8 Å². The lowest BCUT2D eigenvalue weighted by molar-refractivity contribution is 0.0696. The number of hydrogen-bond donors (Lipinski definition) is 1. The Kier molecular flexibility index (Phi) is 4.06. The second-order valence-electron chi connectivity index (χ2n) is 4.14. The third-order valence-corrected chi connectivity index (χ3v) is 3.79. The van der Waals surface area contributed by atoms with Gasteiger partial charge in [0.15, 0.2) is 0 Å². The maximum atomic E-state index is 13.1. The van der Waals surface area contributed by atoms with E-state index in [-0.39, 0.29) is 11.1 Å². The van der Waals surface area contributed by atoms with E-state index < -0.39 is 11.8 Å². The molecular formula is C15H10FNO2S. The summed E-state index contributed by atoms with van der Waals surface area (Å²) in [5.41, 5.74) is 1.12. The standard InChI is InChI=1S/C15H10FNO2S/c1-9-2-4-12(7-13(9)15(18)19)20-14-5-3-11(16)6-10(14)8-17/h2-7H,1H3,(H,18,19). The molecule has 0 aliphatic carbocycles. The maximum Gasteiger partial charge on any atom is 0.335 e. The second-order valence-corrected chi connectivity index (χ2v) is 5.25. The number of carboxylic acids is 1. The van der Waals surface area contributed by atoms with E-state index in [9.17, 15) is 9.18 Å². The topological polar surface area (TPSA) is 61.1 Å². The first-order valence-corrected chi connectivity index (χ1v) is 6.54. The first-order valence-electron chi connectivity index (χ1n) is 5.72. The molecule has 0 aromatic heterocycles. The van der Waals surface area contributed by atoms with Crippen LogP contribution in [0.2, 0.25) is 0 Å². The van der Waals surface area contributed by atoms with Crippen LogP contribution < -0.4 is 0 Å². The first-order chi connectivity index (χ1) is 9.51. The summed E-state index contributed by atoms with van der Waals surface area (Å²) in [6.07, 6.45) is 0. The van der Waals surface area contributed by atoms with Crippen LogP contribution in [0.15, 0.2) is 46.2 Å². The quantitative estimate of drug-likeness (QED) is 0.931. The van der Waals surface area contributed by atoms with Gasteiger partial charge in [-0.2, -0.15) is 5.26 Å². The Morgan fingerprint density at radius 3 is 2.70 bits per heavy atom. The highest BCUT2D eigenvalue weighted by molar-refractivity contribution is 7.99. The minimum Gasteiger partial charge on any atom is -0.478 e. The smallest absolute Gasteiger partial charge is 0.335 e. The number of aromatic carboxylic acids is 1. The lowest BCUT2D eigenvalue weighted by Crippen LogP contribution is -1.99. The number of carbonyl (C=O) groups is 1. The second kappa shape index (κ2) is 5.76. The summed E-state index contributed by atoms with van der Waals surface area (Å²) in [5, 5.41) is 18.1. The van der Waals surface area contributed by atoms with E-state index in [2.05, 4.69) is 0 Å². The molecule has 0 saturated heterocycles. The Labute approximate surface area is 119 Å². The average Bonchev–Trinajstić information content (AvgIpc) is 2.42. The minimum absolute atomic E-state index is 0.218. The number of halogens is 1. The largest absolute Gasteiger partial charge is 0.478 e. The van der Waals surface area contributed by atoms with Crippen LogP contribution in [-0.4, -0.2) is 11.1 Å². The molecular weight excluding hydrogens is 277 g/mol. The number of aryl methyl sites for hydroxylation is 1. The van der Waals surface area contributed by atoms with Crippen molar-refractivity contribution >= 4 is 17.7 Å². The third kappa shape index (κ3) is 2.98. The Balaban J connectivity index is 2.38. The number of benzene rings is 2. The molecule has 0 radical (unpaired) electrons. The SMILES string of the molecule is Cc1ccc(Sc2ccc(F)cc2C#N)cc1C(=O)O. The van der Waals surface area contributed by atoms with E-state index in [0.29, 0.717) is 15.4 Å². The molecule has 0 bridgehead atoms. The maximum absolute atomic E-state index is 13.1. The van der Waals surface area contributed by atoms with Crippen molar-refractivity contribution in [2.45, 2.75) is 16.7 Å². The van der Waals surface area contributed by atoms with E-state index in [0.717, 1.165) is 6.07 Å². The molecule has 2 aromatic rings. The molecule has 0 unspecified atom stereocenters. The molecule has 0 amide bonds. The van der Waals surface area contributed by atoms with Gasteiger partial charge in [-0.15, -0.1) is 0 Å². The Bertz CT molecular complexity index is 722. The van der Waals surface area contributed by atoms with E-state index >= 15 is 0 Å². The van der Waals surface area contributed by atoms with Gasteiger partial charge >= 0.3 is 5.97 Å². The van der Waals surface area contributed by atoms with Crippen LogP contribution in [0, 0.1) is 24.1 Å². The molecule has 20 heavy (non-hydrogen) atoms. The molecule has 100 valence electrons. The summed E-state index contributed by atoms with van der Waals surface area (Å²) in [6, 6.07) is 10.9. The Morgan fingerprint density at radius 1 is 1.30 bits per heavy atom. The number of carboxylic acid groups (broad SMARTS) is 1. The summed E-state index contributed by atoms with van der Waals surface area (Å²) in [5.74, 6) is -1.47. The lowest BCUT2D eigenvalue weighted by atomic mass is 10.1. The normalized spacial score (nSPS) is 10.1. The lowest BCUT2D eigenvalue weighted by Gasteiger charge is -2.07. The van der Waals surface area contributed by atoms with Crippen molar-refractivity contribution in [3.63, 3.8) is 0 Å². The number of rotatable bonds is 3. The Hall–Kier alpha value is -2.32. The third-order valence-electron chi connectivity index (χ3n) is 2.73. The molecule has 1 N–H and O–H groups in total. The van der Waals surface area contributed by atoms with Crippen LogP contribution in [0.1, 0.15) is 21.5 Å². The molecule has 0 aliphatic heterocycles. The van der Waals surface area contributed by atoms with Crippen LogP contribution >= 0.6 is 11.8 Å². The van der Waals surface area contributed by atoms with Gasteiger partial charge in [0.2, 0.25) is 0 Å². The molecule has 0 aliphatic rings. The van der Waals surface area contributed by atoms with Crippen LogP contribution in [0.4, 0.5) is 4.39 Å². The van der Waals surface area contributed by atoms with Crippen molar-refractivity contribution in [2.24, 2.45) is 0 Å². The molecule has 0 saturated carbocycles. The molecule has 3 nitrogen and oxygen atoms in total. The zero-order valence-electron chi connectivity index (χ0n) is 10.6. The van der Waals surface area contributed by atoms with Crippen LogP contribution in [-0.2, 0) is 0 Å². The van der Waals surface area contributed by atoms with Gasteiger partial charge in [0, 0.05) is 9.79 Å². The van der Waals surface area contributed by atoms with Crippen molar-refractivity contribution in [3.05, 3.63) is 58.9 Å². The number of nitrogens with zero attached hydrogens (tertiary/aromatic N) is 1. The minimum atomic E-state index is -0.996. The van der Waals surface area contributed by atoms with E-state index in [4.69, 9.17) is 10.4 Å². The van der Waals surface area contributed by atoms with Crippen molar-refractivity contribution in [2.75, 3.05) is 0 Å². The highest BCUT2D eigenvalue weighted by Crippen LogP contribution is 2.31. The van der Waals surface area contributed by atoms with Crippen LogP contribution in [0.5, 0.6) is 0 Å². The first kappa shape index (κ1) is 14.1. The van der Waals surface area contributed by atoms with Gasteiger partial charge in [0.25, 0.3) is 0 Å². The van der Waals surface area contributed by atoms with Crippen molar-refractivity contribution in [3.8, 4) is 6.07 Å². The molecule has 2 rings (SSSR count). The van der Waals surface area contributed by atoms with Gasteiger partial charge < -0.3 is 5.11 Å². The van der Waals surface area contributed by atoms with E-state index in [1.54, 1.807) is 25.1 Å². The van der Waals surface area contributed by atoms with E-state index in [1.165, 1.54) is 23.9 Å². The van der Waals surface area contributed by atoms with Crippen LogP contribution in [0.25, 0.3) is 0 Å². The molecule has 0 spiro atoms.